The standard InChI is InChI=1S/C17H36N2/c1-14(2)8-7-9-15(3)19-11-10-16(13-19)12-18-17(4,5)6/h14-16,18H,7-13H2,1-6H3. The first kappa shape index (κ1) is 17.0. The molecule has 0 bridgehead atoms. The van der Waals surface area contributed by atoms with Crippen LogP contribution in [0.4, 0.5) is 0 Å². The molecule has 0 saturated carbocycles. The number of hydrogen-bond donors (Lipinski definition) is 1. The van der Waals surface area contributed by atoms with Crippen LogP contribution in [0.2, 0.25) is 0 Å². The van der Waals surface area contributed by atoms with Crippen molar-refractivity contribution < 1.29 is 0 Å². The molecule has 0 amide bonds. The summed E-state index contributed by atoms with van der Waals surface area (Å²) in [4.78, 5) is 2.70. The Bertz CT molecular complexity index is 242. The average Bonchev–Trinajstić information content (AvgIpc) is 2.73. The van der Waals surface area contributed by atoms with Crippen LogP contribution in [0.5, 0.6) is 0 Å². The van der Waals surface area contributed by atoms with Crippen LogP contribution in [0.3, 0.4) is 0 Å². The summed E-state index contributed by atoms with van der Waals surface area (Å²) < 4.78 is 0. The molecule has 1 N–H and O–H groups in total. The molecule has 0 aromatic heterocycles. The van der Waals surface area contributed by atoms with Crippen LogP contribution in [-0.4, -0.2) is 36.1 Å². The Morgan fingerprint density at radius 3 is 2.42 bits per heavy atom. The van der Waals surface area contributed by atoms with Gasteiger partial charge in [0.1, 0.15) is 0 Å². The molecule has 2 unspecified atom stereocenters. The van der Waals surface area contributed by atoms with Crippen LogP contribution in [0, 0.1) is 11.8 Å². The smallest absolute Gasteiger partial charge is 0.00966 e. The third-order valence-electron chi connectivity index (χ3n) is 4.27. The first-order valence-electron chi connectivity index (χ1n) is 8.27. The minimum atomic E-state index is 0.260. The lowest BCUT2D eigenvalue weighted by Gasteiger charge is -2.26. The van der Waals surface area contributed by atoms with Crippen molar-refractivity contribution >= 4 is 0 Å². The lowest BCUT2D eigenvalue weighted by Crippen LogP contribution is -2.40. The summed E-state index contributed by atoms with van der Waals surface area (Å²) in [7, 11) is 0. The SMILES string of the molecule is CC(C)CCCC(C)N1CCC(CNC(C)(C)C)C1. The van der Waals surface area contributed by atoms with Gasteiger partial charge in [-0.05, 0) is 65.5 Å². The van der Waals surface area contributed by atoms with Gasteiger partial charge < -0.3 is 10.2 Å². The quantitative estimate of drug-likeness (QED) is 0.753. The van der Waals surface area contributed by atoms with E-state index in [2.05, 4.69) is 51.8 Å². The highest BCUT2D eigenvalue weighted by molar-refractivity contribution is 4.83. The van der Waals surface area contributed by atoms with Crippen LogP contribution in [-0.2, 0) is 0 Å². The zero-order valence-electron chi connectivity index (χ0n) is 14.1. The van der Waals surface area contributed by atoms with Crippen molar-refractivity contribution in [3.63, 3.8) is 0 Å². The van der Waals surface area contributed by atoms with E-state index in [9.17, 15) is 0 Å². The molecule has 114 valence electrons. The second kappa shape index (κ2) is 7.64. The van der Waals surface area contributed by atoms with Gasteiger partial charge in [-0.1, -0.05) is 26.7 Å². The van der Waals surface area contributed by atoms with E-state index in [0.29, 0.717) is 0 Å². The maximum Gasteiger partial charge on any atom is 0.00966 e. The number of nitrogens with one attached hydrogen (secondary N) is 1. The Morgan fingerprint density at radius 1 is 1.16 bits per heavy atom. The maximum absolute atomic E-state index is 3.65. The molecule has 1 rings (SSSR count). The minimum absolute atomic E-state index is 0.260. The average molecular weight is 268 g/mol. The molecule has 1 aliphatic rings. The summed E-state index contributed by atoms with van der Waals surface area (Å²) >= 11 is 0. The Hall–Kier alpha value is -0.0800. The predicted molar refractivity (Wildman–Crippen MR) is 85.6 cm³/mol. The van der Waals surface area contributed by atoms with E-state index in [1.165, 1.54) is 45.3 Å². The summed E-state index contributed by atoms with van der Waals surface area (Å²) in [5.74, 6) is 1.71. The van der Waals surface area contributed by atoms with Crippen LogP contribution in [0.25, 0.3) is 0 Å². The van der Waals surface area contributed by atoms with Crippen molar-refractivity contribution in [1.82, 2.24) is 10.2 Å². The van der Waals surface area contributed by atoms with Crippen LogP contribution in [0.15, 0.2) is 0 Å². The zero-order valence-corrected chi connectivity index (χ0v) is 14.1. The molecule has 0 radical (unpaired) electrons. The van der Waals surface area contributed by atoms with Crippen LogP contribution >= 0.6 is 0 Å². The minimum Gasteiger partial charge on any atom is -0.312 e. The highest BCUT2D eigenvalue weighted by atomic mass is 15.2. The Kier molecular flexibility index (Phi) is 6.82. The van der Waals surface area contributed by atoms with Crippen molar-refractivity contribution in [2.75, 3.05) is 19.6 Å². The van der Waals surface area contributed by atoms with Gasteiger partial charge in [-0.2, -0.15) is 0 Å². The first-order chi connectivity index (χ1) is 8.78. The Labute approximate surface area is 121 Å². The van der Waals surface area contributed by atoms with E-state index >= 15 is 0 Å². The van der Waals surface area contributed by atoms with Gasteiger partial charge >= 0.3 is 0 Å². The molecular formula is C17H36N2. The first-order valence-corrected chi connectivity index (χ1v) is 8.27. The van der Waals surface area contributed by atoms with Crippen molar-refractivity contribution in [2.45, 2.75) is 78.8 Å². The van der Waals surface area contributed by atoms with Crippen molar-refractivity contribution in [3.05, 3.63) is 0 Å². The molecule has 2 atom stereocenters. The fourth-order valence-electron chi connectivity index (χ4n) is 2.88. The molecule has 0 aromatic carbocycles. The van der Waals surface area contributed by atoms with E-state index in [1.807, 2.05) is 0 Å². The van der Waals surface area contributed by atoms with Crippen LogP contribution < -0.4 is 5.32 Å². The second-order valence-electron chi connectivity index (χ2n) is 7.95. The lowest BCUT2D eigenvalue weighted by atomic mass is 10.0. The third kappa shape index (κ3) is 7.31. The third-order valence-corrected chi connectivity index (χ3v) is 4.27. The highest BCUT2D eigenvalue weighted by Crippen LogP contribution is 2.21. The van der Waals surface area contributed by atoms with Gasteiger partial charge in [0.05, 0.1) is 0 Å². The molecule has 0 aliphatic carbocycles. The molecule has 0 spiro atoms. The van der Waals surface area contributed by atoms with Crippen molar-refractivity contribution in [3.8, 4) is 0 Å². The lowest BCUT2D eigenvalue weighted by molar-refractivity contribution is 0.228. The number of likely N-dealkylation sites (tertiary alicyclic amines) is 1. The summed E-state index contributed by atoms with van der Waals surface area (Å²) in [6, 6.07) is 0.776. The fourth-order valence-corrected chi connectivity index (χ4v) is 2.88. The van der Waals surface area contributed by atoms with Crippen LogP contribution in [0.1, 0.15) is 67.2 Å². The van der Waals surface area contributed by atoms with Gasteiger partial charge in [-0.3, -0.25) is 0 Å². The number of hydrogen-bond acceptors (Lipinski definition) is 2. The zero-order chi connectivity index (χ0) is 14.5. The monoisotopic (exact) mass is 268 g/mol. The van der Waals surface area contributed by atoms with Gasteiger partial charge in [0.15, 0.2) is 0 Å². The molecular weight excluding hydrogens is 232 g/mol. The van der Waals surface area contributed by atoms with E-state index in [0.717, 1.165) is 17.9 Å². The maximum atomic E-state index is 3.65. The molecule has 1 fully saturated rings. The highest BCUT2D eigenvalue weighted by Gasteiger charge is 2.26. The molecule has 2 nitrogen and oxygen atoms in total. The summed E-state index contributed by atoms with van der Waals surface area (Å²) in [6.07, 6.45) is 5.52. The predicted octanol–water partition coefficient (Wildman–Crippen LogP) is 3.91. The largest absolute Gasteiger partial charge is 0.312 e. The van der Waals surface area contributed by atoms with Crippen molar-refractivity contribution in [1.29, 1.82) is 0 Å². The summed E-state index contributed by atoms with van der Waals surface area (Å²) in [6.45, 7) is 17.6. The Morgan fingerprint density at radius 2 is 1.84 bits per heavy atom. The fraction of sp³-hybridized carbons (Fsp3) is 1.00. The molecule has 1 aliphatic heterocycles. The Balaban J connectivity index is 2.19. The number of rotatable bonds is 7. The van der Waals surface area contributed by atoms with E-state index in [4.69, 9.17) is 0 Å². The van der Waals surface area contributed by atoms with E-state index < -0.39 is 0 Å². The normalized spacial score (nSPS) is 23.2. The van der Waals surface area contributed by atoms with E-state index in [1.54, 1.807) is 0 Å². The molecule has 0 aromatic rings. The van der Waals surface area contributed by atoms with E-state index in [-0.39, 0.29) is 5.54 Å². The molecule has 1 saturated heterocycles. The van der Waals surface area contributed by atoms with Gasteiger partial charge in [-0.15, -0.1) is 0 Å². The summed E-state index contributed by atoms with van der Waals surface area (Å²) in [5, 5.41) is 3.65. The second-order valence-corrected chi connectivity index (χ2v) is 7.95. The summed E-state index contributed by atoms with van der Waals surface area (Å²) in [5.41, 5.74) is 0.260. The molecule has 2 heteroatoms. The van der Waals surface area contributed by atoms with Gasteiger partial charge in [0.2, 0.25) is 0 Å². The topological polar surface area (TPSA) is 15.3 Å². The molecule has 1 heterocycles. The van der Waals surface area contributed by atoms with Crippen molar-refractivity contribution in [2.24, 2.45) is 11.8 Å². The molecule has 19 heavy (non-hydrogen) atoms. The van der Waals surface area contributed by atoms with Gasteiger partial charge in [0, 0.05) is 18.1 Å². The van der Waals surface area contributed by atoms with Gasteiger partial charge in [-0.25, -0.2) is 0 Å². The van der Waals surface area contributed by atoms with Gasteiger partial charge in [0.25, 0.3) is 0 Å². The number of nitrogens with zero attached hydrogens (tertiary/aromatic N) is 1.